The van der Waals surface area contributed by atoms with Crippen LogP contribution in [0.5, 0.6) is 0 Å². The molecule has 0 aliphatic carbocycles. The predicted molar refractivity (Wildman–Crippen MR) is 92.0 cm³/mol. The van der Waals surface area contributed by atoms with Gasteiger partial charge in [-0.05, 0) is 23.8 Å². The summed E-state index contributed by atoms with van der Waals surface area (Å²) < 4.78 is 0. The van der Waals surface area contributed by atoms with E-state index in [1.807, 2.05) is 42.5 Å². The monoisotopic (exact) mass is 322 g/mol. The lowest BCUT2D eigenvalue weighted by Crippen LogP contribution is -2.23. The normalized spacial score (nSPS) is 10.8. The van der Waals surface area contributed by atoms with Crippen LogP contribution in [0.1, 0.15) is 5.56 Å². The number of benzene rings is 1. The first-order valence-corrected chi connectivity index (χ1v) is 7.80. The Morgan fingerprint density at radius 1 is 1.09 bits per heavy atom. The van der Waals surface area contributed by atoms with E-state index in [9.17, 15) is 4.79 Å². The van der Waals surface area contributed by atoms with E-state index < -0.39 is 0 Å². The smallest absolute Gasteiger partial charge is 0.252 e. The first-order chi connectivity index (χ1) is 11.2. The Hall–Kier alpha value is -2.86. The molecule has 2 heterocycles. The van der Waals surface area contributed by atoms with Gasteiger partial charge < -0.3 is 0 Å². The highest BCUT2D eigenvalue weighted by molar-refractivity contribution is 7.18. The van der Waals surface area contributed by atoms with Crippen molar-refractivity contribution >= 4 is 28.5 Å². The van der Waals surface area contributed by atoms with Crippen molar-refractivity contribution in [3.63, 3.8) is 0 Å². The highest BCUT2D eigenvalue weighted by Gasteiger charge is 2.14. The molecule has 0 atom stereocenters. The Labute approximate surface area is 138 Å². The second-order valence-corrected chi connectivity index (χ2v) is 5.72. The fourth-order valence-electron chi connectivity index (χ4n) is 1.90. The van der Waals surface area contributed by atoms with Crippen molar-refractivity contribution in [2.75, 3.05) is 11.9 Å². The lowest BCUT2D eigenvalue weighted by atomic mass is 10.2. The number of carbonyl (C=O) groups excluding carboxylic acids is 1. The van der Waals surface area contributed by atoms with E-state index in [-0.39, 0.29) is 5.91 Å². The van der Waals surface area contributed by atoms with Gasteiger partial charge in [0, 0.05) is 31.1 Å². The van der Waals surface area contributed by atoms with Crippen LogP contribution in [0.2, 0.25) is 0 Å². The molecule has 0 radical (unpaired) electrons. The Morgan fingerprint density at radius 3 is 2.57 bits per heavy atom. The summed E-state index contributed by atoms with van der Waals surface area (Å²) in [5.41, 5.74) is 1.91. The highest BCUT2D eigenvalue weighted by atomic mass is 32.1. The first kappa shape index (κ1) is 15.1. The van der Waals surface area contributed by atoms with Gasteiger partial charge in [-0.2, -0.15) is 0 Å². The fraction of sp³-hybridized carbons (Fsp3) is 0.0588. The number of nitrogens with zero attached hydrogens (tertiary/aromatic N) is 4. The van der Waals surface area contributed by atoms with Crippen LogP contribution in [0.15, 0.2) is 60.9 Å². The van der Waals surface area contributed by atoms with Crippen molar-refractivity contribution in [2.24, 2.45) is 0 Å². The zero-order valence-electron chi connectivity index (χ0n) is 12.5. The Morgan fingerprint density at radius 2 is 1.83 bits per heavy atom. The summed E-state index contributed by atoms with van der Waals surface area (Å²) in [6.07, 6.45) is 6.72. The highest BCUT2D eigenvalue weighted by Crippen LogP contribution is 2.27. The number of hydrogen-bond donors (Lipinski definition) is 0. The maximum absolute atomic E-state index is 12.2. The number of aromatic nitrogens is 3. The molecular weight excluding hydrogens is 308 g/mol. The average molecular weight is 322 g/mol. The van der Waals surface area contributed by atoms with Gasteiger partial charge in [0.2, 0.25) is 5.13 Å². The summed E-state index contributed by atoms with van der Waals surface area (Å²) in [7, 11) is 1.69. The van der Waals surface area contributed by atoms with Crippen LogP contribution >= 0.6 is 11.3 Å². The largest absolute Gasteiger partial charge is 0.286 e. The quantitative estimate of drug-likeness (QED) is 0.692. The molecule has 5 nitrogen and oxygen atoms in total. The maximum atomic E-state index is 12.2. The van der Waals surface area contributed by atoms with Crippen LogP contribution in [0.25, 0.3) is 16.6 Å². The molecule has 0 aliphatic rings. The lowest BCUT2D eigenvalue weighted by Gasteiger charge is -2.09. The molecular formula is C17H14N4OS. The van der Waals surface area contributed by atoms with E-state index in [0.29, 0.717) is 5.13 Å². The molecule has 1 aromatic carbocycles. The second-order valence-electron chi connectivity index (χ2n) is 4.77. The second kappa shape index (κ2) is 6.93. The van der Waals surface area contributed by atoms with Gasteiger partial charge >= 0.3 is 0 Å². The van der Waals surface area contributed by atoms with Gasteiger partial charge in [-0.3, -0.25) is 14.7 Å². The first-order valence-electron chi connectivity index (χ1n) is 6.99. The topological polar surface area (TPSA) is 59.0 Å². The number of rotatable bonds is 4. The Kier molecular flexibility index (Phi) is 4.54. The molecule has 0 saturated carbocycles. The maximum Gasteiger partial charge on any atom is 0.252 e. The molecule has 0 unspecified atom stereocenters. The van der Waals surface area contributed by atoms with Crippen molar-refractivity contribution < 1.29 is 4.79 Å². The summed E-state index contributed by atoms with van der Waals surface area (Å²) in [6, 6.07) is 13.4. The third-order valence-corrected chi connectivity index (χ3v) is 4.23. The van der Waals surface area contributed by atoms with Crippen LogP contribution in [0.4, 0.5) is 5.13 Å². The molecule has 3 rings (SSSR count). The minimum atomic E-state index is -0.147. The zero-order chi connectivity index (χ0) is 16.1. The third kappa shape index (κ3) is 3.67. The van der Waals surface area contributed by atoms with E-state index in [1.165, 1.54) is 22.3 Å². The van der Waals surface area contributed by atoms with Crippen molar-refractivity contribution in [1.29, 1.82) is 0 Å². The van der Waals surface area contributed by atoms with Gasteiger partial charge in [-0.25, -0.2) is 0 Å². The molecule has 0 bridgehead atoms. The number of anilines is 1. The summed E-state index contributed by atoms with van der Waals surface area (Å²) in [5.74, 6) is -0.147. The van der Waals surface area contributed by atoms with E-state index >= 15 is 0 Å². The Balaban J connectivity index is 1.73. The molecule has 0 N–H and O–H groups in total. The van der Waals surface area contributed by atoms with E-state index in [1.54, 1.807) is 25.5 Å². The molecule has 0 aliphatic heterocycles. The molecule has 114 valence electrons. The van der Waals surface area contributed by atoms with E-state index in [0.717, 1.165) is 16.1 Å². The summed E-state index contributed by atoms with van der Waals surface area (Å²) in [6.45, 7) is 0. The SMILES string of the molecule is CN(C(=O)/C=C/c1ccccc1)c1nnc(-c2ccncc2)s1. The number of amides is 1. The molecule has 0 spiro atoms. The van der Waals surface area contributed by atoms with Crippen LogP contribution < -0.4 is 4.90 Å². The summed E-state index contributed by atoms with van der Waals surface area (Å²) >= 11 is 1.37. The van der Waals surface area contributed by atoms with Crippen molar-refractivity contribution in [3.05, 3.63) is 66.5 Å². The van der Waals surface area contributed by atoms with Gasteiger partial charge in [0.05, 0.1) is 0 Å². The van der Waals surface area contributed by atoms with Crippen LogP contribution in [-0.2, 0) is 4.79 Å². The minimum absolute atomic E-state index is 0.147. The molecule has 0 fully saturated rings. The van der Waals surface area contributed by atoms with Gasteiger partial charge in [-0.15, -0.1) is 10.2 Å². The van der Waals surface area contributed by atoms with Crippen LogP contribution in [-0.4, -0.2) is 28.1 Å². The van der Waals surface area contributed by atoms with Crippen LogP contribution in [0, 0.1) is 0 Å². The van der Waals surface area contributed by atoms with Gasteiger partial charge in [-0.1, -0.05) is 41.7 Å². The summed E-state index contributed by atoms with van der Waals surface area (Å²) in [4.78, 5) is 17.7. The minimum Gasteiger partial charge on any atom is -0.286 e. The molecule has 6 heteroatoms. The standard InChI is InChI=1S/C17H14N4OS/c1-21(15(22)8-7-13-5-3-2-4-6-13)17-20-19-16(23-17)14-9-11-18-12-10-14/h2-12H,1H3/b8-7+. The fourth-order valence-corrected chi connectivity index (χ4v) is 2.72. The molecule has 2 aromatic heterocycles. The lowest BCUT2D eigenvalue weighted by molar-refractivity contribution is -0.113. The number of pyridine rings is 1. The van der Waals surface area contributed by atoms with E-state index in [4.69, 9.17) is 0 Å². The van der Waals surface area contributed by atoms with Gasteiger partial charge in [0.1, 0.15) is 5.01 Å². The van der Waals surface area contributed by atoms with Crippen LogP contribution in [0.3, 0.4) is 0 Å². The van der Waals surface area contributed by atoms with Gasteiger partial charge in [0.25, 0.3) is 5.91 Å². The van der Waals surface area contributed by atoms with Crippen molar-refractivity contribution in [3.8, 4) is 10.6 Å². The number of carbonyl (C=O) groups is 1. The zero-order valence-corrected chi connectivity index (χ0v) is 13.3. The van der Waals surface area contributed by atoms with Gasteiger partial charge in [0.15, 0.2) is 0 Å². The number of hydrogen-bond acceptors (Lipinski definition) is 5. The number of likely N-dealkylation sites (N-methyl/N-ethyl adjacent to an activating group) is 1. The Bertz CT molecular complexity index is 815. The molecule has 0 saturated heterocycles. The molecule has 1 amide bonds. The van der Waals surface area contributed by atoms with Crippen molar-refractivity contribution in [1.82, 2.24) is 15.2 Å². The third-order valence-electron chi connectivity index (χ3n) is 3.18. The van der Waals surface area contributed by atoms with Crippen molar-refractivity contribution in [2.45, 2.75) is 0 Å². The molecule has 3 aromatic rings. The summed E-state index contributed by atoms with van der Waals surface area (Å²) in [5, 5.41) is 9.53. The average Bonchev–Trinajstić information content (AvgIpc) is 3.11. The molecule has 23 heavy (non-hydrogen) atoms. The van der Waals surface area contributed by atoms with E-state index in [2.05, 4.69) is 15.2 Å². The predicted octanol–water partition coefficient (Wildman–Crippen LogP) is 3.28.